The number of carbonyl (C=O) groups excluding carboxylic acids is 2. The molecule has 0 aliphatic heterocycles. The first kappa shape index (κ1) is 20.9. The minimum Gasteiger partial charge on any atom is -0.322 e. The van der Waals surface area contributed by atoms with Crippen molar-refractivity contribution >= 4 is 11.8 Å². The fourth-order valence-corrected chi connectivity index (χ4v) is 2.42. The maximum Gasteiger partial charge on any atom is 0.255 e. The lowest BCUT2D eigenvalue weighted by Gasteiger charge is -2.13. The lowest BCUT2D eigenvalue weighted by atomic mass is 10.1. The summed E-state index contributed by atoms with van der Waals surface area (Å²) in [6, 6.07) is 14.7. The Hall–Kier alpha value is -3.40. The third-order valence-electron chi connectivity index (χ3n) is 4.20. The van der Waals surface area contributed by atoms with Gasteiger partial charge in [-0.1, -0.05) is 48.0 Å². The molecule has 28 heavy (non-hydrogen) atoms. The smallest absolute Gasteiger partial charge is 0.255 e. The Bertz CT molecular complexity index is 934. The lowest BCUT2D eigenvalue weighted by molar-refractivity contribution is 0.0961. The van der Waals surface area contributed by atoms with Gasteiger partial charge >= 0.3 is 0 Å². The van der Waals surface area contributed by atoms with Crippen LogP contribution in [0.4, 0.5) is 0 Å². The first-order valence-corrected chi connectivity index (χ1v) is 9.10. The summed E-state index contributed by atoms with van der Waals surface area (Å²) < 4.78 is 0. The van der Waals surface area contributed by atoms with Gasteiger partial charge in [0, 0.05) is 22.5 Å². The Kier molecular flexibility index (Phi) is 7.10. The fourth-order valence-electron chi connectivity index (χ4n) is 2.42. The van der Waals surface area contributed by atoms with Gasteiger partial charge < -0.3 is 10.6 Å². The molecule has 0 aliphatic rings. The van der Waals surface area contributed by atoms with Gasteiger partial charge in [-0.05, 0) is 63.6 Å². The number of amides is 2. The van der Waals surface area contributed by atoms with Gasteiger partial charge in [0.15, 0.2) is 0 Å². The number of benzene rings is 2. The van der Waals surface area contributed by atoms with Crippen molar-refractivity contribution in [1.82, 2.24) is 10.6 Å². The molecule has 0 heterocycles. The van der Waals surface area contributed by atoms with Crippen LogP contribution in [0.2, 0.25) is 0 Å². The predicted octanol–water partition coefficient (Wildman–Crippen LogP) is 4.83. The van der Waals surface area contributed by atoms with Gasteiger partial charge in [0.25, 0.3) is 11.8 Å². The van der Waals surface area contributed by atoms with Crippen LogP contribution in [0.1, 0.15) is 45.7 Å². The minimum atomic E-state index is -0.227. The van der Waals surface area contributed by atoms with E-state index in [2.05, 4.69) is 17.2 Å². The van der Waals surface area contributed by atoms with Crippen LogP contribution in [0.25, 0.3) is 0 Å². The van der Waals surface area contributed by atoms with Gasteiger partial charge in [-0.3, -0.25) is 9.59 Å². The van der Waals surface area contributed by atoms with Crippen LogP contribution < -0.4 is 10.6 Å². The first-order valence-electron chi connectivity index (χ1n) is 9.10. The molecule has 4 heteroatoms. The van der Waals surface area contributed by atoms with Crippen molar-refractivity contribution in [3.05, 3.63) is 106 Å². The number of hydrogen-bond acceptors (Lipinski definition) is 2. The summed E-state index contributed by atoms with van der Waals surface area (Å²) in [7, 11) is 0. The zero-order valence-electron chi connectivity index (χ0n) is 16.8. The third-order valence-corrected chi connectivity index (χ3v) is 4.20. The van der Waals surface area contributed by atoms with Gasteiger partial charge in [0.05, 0.1) is 0 Å². The summed E-state index contributed by atoms with van der Waals surface area (Å²) in [5.41, 5.74) is 5.11. The van der Waals surface area contributed by atoms with Crippen LogP contribution in [0.15, 0.2) is 84.2 Å². The van der Waals surface area contributed by atoms with Gasteiger partial charge in [0.1, 0.15) is 0 Å². The van der Waals surface area contributed by atoms with E-state index in [1.807, 2.05) is 45.0 Å². The molecule has 0 atom stereocenters. The SMILES string of the molecule is C=C(C)/C(=C\C(=C/C)NC(=O)c1ccc(C)cc1)NC(=O)c1ccc(C)cc1. The van der Waals surface area contributed by atoms with Crippen LogP contribution in [-0.2, 0) is 0 Å². The van der Waals surface area contributed by atoms with Crippen LogP contribution >= 0.6 is 0 Å². The molecule has 2 rings (SSSR count). The molecule has 0 saturated heterocycles. The van der Waals surface area contributed by atoms with Crippen LogP contribution in [0, 0.1) is 13.8 Å². The van der Waals surface area contributed by atoms with E-state index in [0.29, 0.717) is 28.1 Å². The van der Waals surface area contributed by atoms with Gasteiger partial charge in [0.2, 0.25) is 0 Å². The lowest BCUT2D eigenvalue weighted by Crippen LogP contribution is -2.26. The average molecular weight is 374 g/mol. The molecule has 0 radical (unpaired) electrons. The van der Waals surface area contributed by atoms with Crippen molar-refractivity contribution in [1.29, 1.82) is 0 Å². The molecule has 2 N–H and O–H groups in total. The molecule has 144 valence electrons. The second kappa shape index (κ2) is 9.51. The second-order valence-corrected chi connectivity index (χ2v) is 6.72. The molecule has 2 aromatic carbocycles. The Morgan fingerprint density at radius 2 is 1.25 bits per heavy atom. The number of hydrogen-bond donors (Lipinski definition) is 2. The summed E-state index contributed by atoms with van der Waals surface area (Å²) >= 11 is 0. The molecule has 2 amide bonds. The van der Waals surface area contributed by atoms with Crippen molar-refractivity contribution < 1.29 is 9.59 Å². The predicted molar refractivity (Wildman–Crippen MR) is 114 cm³/mol. The van der Waals surface area contributed by atoms with E-state index in [0.717, 1.165) is 11.1 Å². The number of rotatable bonds is 6. The van der Waals surface area contributed by atoms with E-state index in [4.69, 9.17) is 0 Å². The van der Waals surface area contributed by atoms with E-state index in [-0.39, 0.29) is 11.8 Å². The molecule has 2 aromatic rings. The van der Waals surface area contributed by atoms with Crippen molar-refractivity contribution in [3.63, 3.8) is 0 Å². The summed E-state index contributed by atoms with van der Waals surface area (Å²) in [6.45, 7) is 11.5. The summed E-state index contributed by atoms with van der Waals surface area (Å²) in [4.78, 5) is 25.0. The van der Waals surface area contributed by atoms with Crippen LogP contribution in [0.5, 0.6) is 0 Å². The molecular formula is C24H26N2O2. The van der Waals surface area contributed by atoms with Crippen molar-refractivity contribution in [3.8, 4) is 0 Å². The maximum atomic E-state index is 12.5. The summed E-state index contributed by atoms with van der Waals surface area (Å²) in [5.74, 6) is -0.440. The summed E-state index contributed by atoms with van der Waals surface area (Å²) in [5, 5.41) is 5.73. The standard InChI is InChI=1S/C24H26N2O2/c1-6-21(25-23(27)19-11-7-17(4)8-12-19)15-22(16(2)3)26-24(28)20-13-9-18(5)10-14-20/h6-15H,2H2,1,3-5H3,(H,25,27)(H,26,28)/b21-6+,22-15+. The van der Waals surface area contributed by atoms with E-state index in [1.165, 1.54) is 0 Å². The third kappa shape index (κ3) is 5.81. The van der Waals surface area contributed by atoms with Gasteiger partial charge in [-0.15, -0.1) is 0 Å². The monoisotopic (exact) mass is 374 g/mol. The van der Waals surface area contributed by atoms with Gasteiger partial charge in [-0.2, -0.15) is 0 Å². The van der Waals surface area contributed by atoms with E-state index in [1.54, 1.807) is 43.3 Å². The number of aryl methyl sites for hydroxylation is 2. The number of nitrogens with one attached hydrogen (secondary N) is 2. The largest absolute Gasteiger partial charge is 0.322 e. The zero-order chi connectivity index (χ0) is 20.7. The quantitative estimate of drug-likeness (QED) is 0.712. The topological polar surface area (TPSA) is 58.2 Å². The Morgan fingerprint density at radius 1 is 0.821 bits per heavy atom. The molecule has 0 bridgehead atoms. The normalized spacial score (nSPS) is 11.7. The molecule has 0 unspecified atom stereocenters. The highest BCUT2D eigenvalue weighted by Crippen LogP contribution is 2.11. The molecule has 4 nitrogen and oxygen atoms in total. The summed E-state index contributed by atoms with van der Waals surface area (Å²) in [6.07, 6.45) is 3.48. The van der Waals surface area contributed by atoms with Gasteiger partial charge in [-0.25, -0.2) is 0 Å². The van der Waals surface area contributed by atoms with E-state index < -0.39 is 0 Å². The highest BCUT2D eigenvalue weighted by molar-refractivity contribution is 5.96. The second-order valence-electron chi connectivity index (χ2n) is 6.72. The molecule has 0 fully saturated rings. The molecule has 0 aromatic heterocycles. The maximum absolute atomic E-state index is 12.5. The first-order chi connectivity index (χ1) is 13.3. The van der Waals surface area contributed by atoms with Crippen LogP contribution in [-0.4, -0.2) is 11.8 Å². The van der Waals surface area contributed by atoms with Crippen molar-refractivity contribution in [2.24, 2.45) is 0 Å². The van der Waals surface area contributed by atoms with E-state index >= 15 is 0 Å². The highest BCUT2D eigenvalue weighted by atomic mass is 16.2. The van der Waals surface area contributed by atoms with Crippen molar-refractivity contribution in [2.75, 3.05) is 0 Å². The van der Waals surface area contributed by atoms with E-state index in [9.17, 15) is 9.59 Å². The van der Waals surface area contributed by atoms with Crippen LogP contribution in [0.3, 0.4) is 0 Å². The zero-order valence-corrected chi connectivity index (χ0v) is 16.8. The Balaban J connectivity index is 2.16. The Labute approximate surface area is 166 Å². The highest BCUT2D eigenvalue weighted by Gasteiger charge is 2.11. The number of allylic oxidation sites excluding steroid dienone is 3. The molecule has 0 saturated carbocycles. The average Bonchev–Trinajstić information content (AvgIpc) is 2.67. The number of carbonyl (C=O) groups is 2. The fraction of sp³-hybridized carbons (Fsp3) is 0.167. The minimum absolute atomic E-state index is 0.213. The molecule has 0 spiro atoms. The molecule has 0 aliphatic carbocycles. The molecular weight excluding hydrogens is 348 g/mol. The van der Waals surface area contributed by atoms with Crippen molar-refractivity contribution in [2.45, 2.75) is 27.7 Å². The Morgan fingerprint density at radius 3 is 1.64 bits per heavy atom.